The minimum absolute atomic E-state index is 0. The molecule has 1 aromatic carbocycles. The van der Waals surface area contributed by atoms with Crippen LogP contribution in [-0.4, -0.2) is 5.11 Å². The predicted octanol–water partition coefficient (Wildman–Crippen LogP) is 2.45. The van der Waals surface area contributed by atoms with Crippen LogP contribution in [0.2, 0.25) is 0 Å². The molecule has 1 aromatic rings. The molecular weight excluding hydrogens is 186 g/mol. The maximum Gasteiger partial charge on any atom is 0.121 e. The van der Waals surface area contributed by atoms with E-state index in [0.29, 0.717) is 5.75 Å². The van der Waals surface area contributed by atoms with Crippen molar-refractivity contribution in [1.82, 2.24) is 0 Å². The van der Waals surface area contributed by atoms with Gasteiger partial charge in [-0.1, -0.05) is 12.1 Å². The van der Waals surface area contributed by atoms with Crippen molar-refractivity contribution in [2.24, 2.45) is 5.73 Å². The molecule has 0 amide bonds. The number of phenols is 1. The van der Waals surface area contributed by atoms with Crippen molar-refractivity contribution in [3.05, 3.63) is 28.8 Å². The molecule has 74 valence electrons. The van der Waals surface area contributed by atoms with Crippen molar-refractivity contribution in [3.8, 4) is 5.75 Å². The van der Waals surface area contributed by atoms with Crippen LogP contribution >= 0.6 is 12.4 Å². The van der Waals surface area contributed by atoms with E-state index in [0.717, 1.165) is 16.7 Å². The van der Waals surface area contributed by atoms with Crippen LogP contribution in [-0.2, 0) is 0 Å². The number of nitrogens with two attached hydrogens (primary N) is 1. The van der Waals surface area contributed by atoms with Crippen LogP contribution in [0.25, 0.3) is 0 Å². The number of rotatable bonds is 1. The van der Waals surface area contributed by atoms with Gasteiger partial charge in [-0.05, 0) is 37.5 Å². The number of aromatic hydroxyl groups is 1. The monoisotopic (exact) mass is 201 g/mol. The molecule has 0 saturated heterocycles. The highest BCUT2D eigenvalue weighted by Gasteiger charge is 2.05. The van der Waals surface area contributed by atoms with Crippen LogP contribution in [0.5, 0.6) is 5.75 Å². The Balaban J connectivity index is 0.00000144. The number of aryl methyl sites for hydroxylation is 2. The Morgan fingerprint density at radius 3 is 1.92 bits per heavy atom. The van der Waals surface area contributed by atoms with E-state index in [-0.39, 0.29) is 18.4 Å². The Morgan fingerprint density at radius 1 is 1.23 bits per heavy atom. The summed E-state index contributed by atoms with van der Waals surface area (Å²) in [5.41, 5.74) is 8.57. The van der Waals surface area contributed by atoms with Crippen LogP contribution in [0, 0.1) is 13.8 Å². The fourth-order valence-electron chi connectivity index (χ4n) is 1.25. The summed E-state index contributed by atoms with van der Waals surface area (Å²) in [5, 5.41) is 9.47. The molecule has 0 fully saturated rings. The van der Waals surface area contributed by atoms with Crippen molar-refractivity contribution < 1.29 is 5.11 Å². The quantitative estimate of drug-likeness (QED) is 0.733. The summed E-state index contributed by atoms with van der Waals surface area (Å²) in [4.78, 5) is 0. The average Bonchev–Trinajstić information content (AvgIpc) is 1.99. The number of phenolic OH excluding ortho intramolecular Hbond substituents is 1. The van der Waals surface area contributed by atoms with Crippen molar-refractivity contribution in [2.45, 2.75) is 26.8 Å². The molecule has 0 aliphatic carbocycles. The Kier molecular flexibility index (Phi) is 4.24. The summed E-state index contributed by atoms with van der Waals surface area (Å²) >= 11 is 0. The first-order valence-corrected chi connectivity index (χ1v) is 4.08. The number of hydrogen-bond acceptors (Lipinski definition) is 2. The second-order valence-electron chi connectivity index (χ2n) is 3.29. The van der Waals surface area contributed by atoms with Gasteiger partial charge in [0.1, 0.15) is 5.75 Å². The number of halogens is 1. The molecule has 1 atom stereocenters. The van der Waals surface area contributed by atoms with Crippen molar-refractivity contribution in [3.63, 3.8) is 0 Å². The lowest BCUT2D eigenvalue weighted by Crippen LogP contribution is -2.05. The van der Waals surface area contributed by atoms with E-state index >= 15 is 0 Å². The lowest BCUT2D eigenvalue weighted by atomic mass is 10.0. The summed E-state index contributed by atoms with van der Waals surface area (Å²) in [5.74, 6) is 0.374. The van der Waals surface area contributed by atoms with Gasteiger partial charge < -0.3 is 10.8 Å². The van der Waals surface area contributed by atoms with Crippen molar-refractivity contribution in [2.75, 3.05) is 0 Å². The molecule has 0 aliphatic rings. The minimum atomic E-state index is 0. The lowest BCUT2D eigenvalue weighted by Gasteiger charge is -2.10. The summed E-state index contributed by atoms with van der Waals surface area (Å²) in [6.07, 6.45) is 0. The highest BCUT2D eigenvalue weighted by molar-refractivity contribution is 5.85. The fourth-order valence-corrected chi connectivity index (χ4v) is 1.25. The molecule has 0 saturated carbocycles. The predicted molar refractivity (Wildman–Crippen MR) is 57.4 cm³/mol. The molecule has 0 heterocycles. The van der Waals surface area contributed by atoms with Crippen LogP contribution < -0.4 is 5.73 Å². The lowest BCUT2D eigenvalue weighted by molar-refractivity contribution is 0.466. The standard InChI is InChI=1S/C10H15NO.ClH/c1-6-4-9(8(3)11)5-7(2)10(6)12;/h4-5,8,12H,11H2,1-3H3;1H/t8-;/m0./s1. The second-order valence-corrected chi connectivity index (χ2v) is 3.29. The maximum absolute atomic E-state index is 9.47. The Morgan fingerprint density at radius 2 is 1.62 bits per heavy atom. The smallest absolute Gasteiger partial charge is 0.121 e. The van der Waals surface area contributed by atoms with Gasteiger partial charge in [0.05, 0.1) is 0 Å². The first kappa shape index (κ1) is 12.3. The van der Waals surface area contributed by atoms with E-state index in [2.05, 4.69) is 0 Å². The molecule has 3 N–H and O–H groups in total. The van der Waals surface area contributed by atoms with E-state index in [4.69, 9.17) is 5.73 Å². The summed E-state index contributed by atoms with van der Waals surface area (Å²) in [6.45, 7) is 5.70. The zero-order valence-electron chi connectivity index (χ0n) is 8.16. The minimum Gasteiger partial charge on any atom is -0.507 e. The van der Waals surface area contributed by atoms with Crippen LogP contribution in [0.1, 0.15) is 29.7 Å². The van der Waals surface area contributed by atoms with Gasteiger partial charge in [0.25, 0.3) is 0 Å². The van der Waals surface area contributed by atoms with Crippen LogP contribution in [0.3, 0.4) is 0 Å². The first-order valence-electron chi connectivity index (χ1n) is 4.08. The maximum atomic E-state index is 9.47. The zero-order chi connectivity index (χ0) is 9.30. The van der Waals surface area contributed by atoms with Gasteiger partial charge in [-0.3, -0.25) is 0 Å². The van der Waals surface area contributed by atoms with Gasteiger partial charge in [-0.25, -0.2) is 0 Å². The summed E-state index contributed by atoms with van der Waals surface area (Å²) < 4.78 is 0. The largest absolute Gasteiger partial charge is 0.507 e. The third-order valence-corrected chi connectivity index (χ3v) is 2.04. The first-order chi connectivity index (χ1) is 5.52. The molecule has 0 spiro atoms. The fraction of sp³-hybridized carbons (Fsp3) is 0.400. The SMILES string of the molecule is Cc1cc([C@H](C)N)cc(C)c1O.Cl. The molecule has 0 unspecified atom stereocenters. The average molecular weight is 202 g/mol. The normalized spacial score (nSPS) is 12.0. The van der Waals surface area contributed by atoms with Gasteiger partial charge in [0.2, 0.25) is 0 Å². The van der Waals surface area contributed by atoms with E-state index < -0.39 is 0 Å². The molecule has 3 heteroatoms. The summed E-state index contributed by atoms with van der Waals surface area (Å²) in [7, 11) is 0. The van der Waals surface area contributed by atoms with Gasteiger partial charge in [-0.2, -0.15) is 0 Å². The van der Waals surface area contributed by atoms with Gasteiger partial charge in [-0.15, -0.1) is 12.4 Å². The van der Waals surface area contributed by atoms with Gasteiger partial charge >= 0.3 is 0 Å². The molecule has 2 nitrogen and oxygen atoms in total. The molecule has 0 aromatic heterocycles. The van der Waals surface area contributed by atoms with E-state index in [1.165, 1.54) is 0 Å². The molecule has 0 radical (unpaired) electrons. The number of benzene rings is 1. The van der Waals surface area contributed by atoms with Crippen LogP contribution in [0.4, 0.5) is 0 Å². The van der Waals surface area contributed by atoms with E-state index in [1.54, 1.807) is 0 Å². The molecule has 0 bridgehead atoms. The Bertz CT molecular complexity index is 274. The third-order valence-electron chi connectivity index (χ3n) is 2.04. The van der Waals surface area contributed by atoms with E-state index in [1.807, 2.05) is 32.9 Å². The number of hydrogen-bond donors (Lipinski definition) is 2. The third kappa shape index (κ3) is 2.61. The highest BCUT2D eigenvalue weighted by Crippen LogP contribution is 2.24. The Labute approximate surface area is 85.2 Å². The molecule has 0 aliphatic heterocycles. The topological polar surface area (TPSA) is 46.2 Å². The Hall–Kier alpha value is -0.730. The summed E-state index contributed by atoms with van der Waals surface area (Å²) in [6, 6.07) is 3.88. The molecule has 13 heavy (non-hydrogen) atoms. The van der Waals surface area contributed by atoms with Crippen molar-refractivity contribution >= 4 is 12.4 Å². The molecule has 1 rings (SSSR count). The van der Waals surface area contributed by atoms with Gasteiger partial charge in [0, 0.05) is 6.04 Å². The molecular formula is C10H16ClNO. The zero-order valence-corrected chi connectivity index (χ0v) is 8.98. The second kappa shape index (κ2) is 4.49. The van der Waals surface area contributed by atoms with Crippen LogP contribution in [0.15, 0.2) is 12.1 Å². The van der Waals surface area contributed by atoms with Crippen molar-refractivity contribution in [1.29, 1.82) is 0 Å². The highest BCUT2D eigenvalue weighted by atomic mass is 35.5. The van der Waals surface area contributed by atoms with Gasteiger partial charge in [0.15, 0.2) is 0 Å². The van der Waals surface area contributed by atoms with E-state index in [9.17, 15) is 5.11 Å².